The summed E-state index contributed by atoms with van der Waals surface area (Å²) in [6, 6.07) is 8.00. The Bertz CT molecular complexity index is 526. The van der Waals surface area contributed by atoms with Gasteiger partial charge in [0.2, 0.25) is 5.88 Å². The standard InChI is InChI=1S/C13H15N3O/c1-9-5-3-4-6-11(9)12-13(17-2)15-8-10(7-14)16-12/h3-6,8H,7,14H2,1-2H3. The first-order valence-corrected chi connectivity index (χ1v) is 5.42. The maximum absolute atomic E-state index is 5.58. The molecule has 0 fully saturated rings. The van der Waals surface area contributed by atoms with Crippen LogP contribution in [0.2, 0.25) is 0 Å². The van der Waals surface area contributed by atoms with Gasteiger partial charge in [-0.1, -0.05) is 24.3 Å². The molecule has 1 aromatic heterocycles. The van der Waals surface area contributed by atoms with E-state index in [4.69, 9.17) is 10.5 Å². The van der Waals surface area contributed by atoms with E-state index in [1.165, 1.54) is 0 Å². The lowest BCUT2D eigenvalue weighted by Crippen LogP contribution is -2.04. The molecule has 2 rings (SSSR count). The Labute approximate surface area is 100 Å². The van der Waals surface area contributed by atoms with Gasteiger partial charge in [-0.05, 0) is 12.5 Å². The van der Waals surface area contributed by atoms with Crippen molar-refractivity contribution in [2.45, 2.75) is 13.5 Å². The van der Waals surface area contributed by atoms with Crippen LogP contribution in [0.3, 0.4) is 0 Å². The van der Waals surface area contributed by atoms with Gasteiger partial charge in [-0.25, -0.2) is 9.97 Å². The average molecular weight is 229 g/mol. The SMILES string of the molecule is COc1ncc(CN)nc1-c1ccccc1C. The monoisotopic (exact) mass is 229 g/mol. The molecule has 1 aromatic carbocycles. The van der Waals surface area contributed by atoms with Crippen LogP contribution in [0.1, 0.15) is 11.3 Å². The molecule has 4 nitrogen and oxygen atoms in total. The molecule has 0 aliphatic heterocycles. The third-order valence-electron chi connectivity index (χ3n) is 2.59. The van der Waals surface area contributed by atoms with Gasteiger partial charge in [-0.15, -0.1) is 0 Å². The Morgan fingerprint density at radius 3 is 2.71 bits per heavy atom. The molecule has 2 aromatic rings. The van der Waals surface area contributed by atoms with E-state index in [0.29, 0.717) is 12.4 Å². The Morgan fingerprint density at radius 2 is 2.06 bits per heavy atom. The summed E-state index contributed by atoms with van der Waals surface area (Å²) in [5, 5.41) is 0. The summed E-state index contributed by atoms with van der Waals surface area (Å²) in [5.41, 5.74) is 9.23. The van der Waals surface area contributed by atoms with Gasteiger partial charge in [0.05, 0.1) is 19.0 Å². The van der Waals surface area contributed by atoms with Crippen molar-refractivity contribution in [3.05, 3.63) is 41.7 Å². The Morgan fingerprint density at radius 1 is 1.29 bits per heavy atom. The molecule has 0 saturated carbocycles. The van der Waals surface area contributed by atoms with E-state index in [0.717, 1.165) is 22.5 Å². The van der Waals surface area contributed by atoms with E-state index in [9.17, 15) is 0 Å². The number of benzene rings is 1. The Kier molecular flexibility index (Phi) is 3.35. The number of hydrogen-bond donors (Lipinski definition) is 1. The number of ether oxygens (including phenoxy) is 1. The van der Waals surface area contributed by atoms with E-state index < -0.39 is 0 Å². The van der Waals surface area contributed by atoms with E-state index in [2.05, 4.69) is 9.97 Å². The molecule has 88 valence electrons. The van der Waals surface area contributed by atoms with Crippen molar-refractivity contribution >= 4 is 0 Å². The van der Waals surface area contributed by atoms with Crippen molar-refractivity contribution in [1.82, 2.24) is 9.97 Å². The normalized spacial score (nSPS) is 10.3. The van der Waals surface area contributed by atoms with Crippen LogP contribution in [0.15, 0.2) is 30.5 Å². The zero-order chi connectivity index (χ0) is 12.3. The predicted molar refractivity (Wildman–Crippen MR) is 66.6 cm³/mol. The van der Waals surface area contributed by atoms with Gasteiger partial charge in [0.15, 0.2) is 0 Å². The number of aromatic nitrogens is 2. The number of methoxy groups -OCH3 is 1. The summed E-state index contributed by atoms with van der Waals surface area (Å²) in [6.07, 6.45) is 1.64. The molecule has 17 heavy (non-hydrogen) atoms. The van der Waals surface area contributed by atoms with E-state index in [1.807, 2.05) is 31.2 Å². The lowest BCUT2D eigenvalue weighted by atomic mass is 10.1. The molecule has 0 amide bonds. The number of nitrogens with zero attached hydrogens (tertiary/aromatic N) is 2. The maximum Gasteiger partial charge on any atom is 0.240 e. The highest BCUT2D eigenvalue weighted by Gasteiger charge is 2.11. The van der Waals surface area contributed by atoms with Gasteiger partial charge in [-0.3, -0.25) is 0 Å². The Hall–Kier alpha value is -1.94. The topological polar surface area (TPSA) is 61.0 Å². The number of hydrogen-bond acceptors (Lipinski definition) is 4. The second-order valence-electron chi connectivity index (χ2n) is 3.74. The molecule has 2 N–H and O–H groups in total. The summed E-state index contributed by atoms with van der Waals surface area (Å²) in [4.78, 5) is 8.70. The number of rotatable bonds is 3. The van der Waals surface area contributed by atoms with E-state index in [-0.39, 0.29) is 0 Å². The maximum atomic E-state index is 5.58. The minimum atomic E-state index is 0.371. The highest BCUT2D eigenvalue weighted by molar-refractivity contribution is 5.67. The summed E-state index contributed by atoms with van der Waals surface area (Å²) in [7, 11) is 1.59. The first kappa shape index (κ1) is 11.5. The van der Waals surface area contributed by atoms with Crippen LogP contribution in [-0.4, -0.2) is 17.1 Å². The smallest absolute Gasteiger partial charge is 0.240 e. The zero-order valence-corrected chi connectivity index (χ0v) is 9.97. The zero-order valence-electron chi connectivity index (χ0n) is 9.97. The van der Waals surface area contributed by atoms with Gasteiger partial charge < -0.3 is 10.5 Å². The minimum absolute atomic E-state index is 0.371. The van der Waals surface area contributed by atoms with Crippen LogP contribution >= 0.6 is 0 Å². The van der Waals surface area contributed by atoms with Crippen molar-refractivity contribution in [2.75, 3.05) is 7.11 Å². The summed E-state index contributed by atoms with van der Waals surface area (Å²) < 4.78 is 5.24. The fourth-order valence-corrected chi connectivity index (χ4v) is 1.68. The number of nitrogens with two attached hydrogens (primary N) is 1. The molecular weight excluding hydrogens is 214 g/mol. The van der Waals surface area contributed by atoms with Gasteiger partial charge in [0, 0.05) is 12.1 Å². The molecular formula is C13H15N3O. The first-order valence-electron chi connectivity index (χ1n) is 5.42. The second-order valence-corrected chi connectivity index (χ2v) is 3.74. The molecule has 0 radical (unpaired) electrons. The fraction of sp³-hybridized carbons (Fsp3) is 0.231. The van der Waals surface area contributed by atoms with Crippen molar-refractivity contribution in [3.63, 3.8) is 0 Å². The summed E-state index contributed by atoms with van der Waals surface area (Å²) in [6.45, 7) is 2.40. The molecule has 0 unspecified atom stereocenters. The summed E-state index contributed by atoms with van der Waals surface area (Å²) >= 11 is 0. The molecule has 1 heterocycles. The van der Waals surface area contributed by atoms with Crippen LogP contribution in [0.4, 0.5) is 0 Å². The van der Waals surface area contributed by atoms with Gasteiger partial charge in [0.1, 0.15) is 5.69 Å². The largest absolute Gasteiger partial charge is 0.479 e. The van der Waals surface area contributed by atoms with Crippen LogP contribution in [0.5, 0.6) is 5.88 Å². The van der Waals surface area contributed by atoms with Gasteiger partial charge >= 0.3 is 0 Å². The highest BCUT2D eigenvalue weighted by atomic mass is 16.5. The van der Waals surface area contributed by atoms with Crippen LogP contribution < -0.4 is 10.5 Å². The third kappa shape index (κ3) is 2.26. The van der Waals surface area contributed by atoms with Crippen molar-refractivity contribution in [3.8, 4) is 17.1 Å². The van der Waals surface area contributed by atoms with E-state index in [1.54, 1.807) is 13.3 Å². The quantitative estimate of drug-likeness (QED) is 0.873. The molecule has 0 aliphatic carbocycles. The Balaban J connectivity index is 2.60. The molecule has 0 atom stereocenters. The van der Waals surface area contributed by atoms with Crippen molar-refractivity contribution in [2.24, 2.45) is 5.73 Å². The van der Waals surface area contributed by atoms with Crippen LogP contribution in [0, 0.1) is 6.92 Å². The minimum Gasteiger partial charge on any atom is -0.479 e. The predicted octanol–water partition coefficient (Wildman–Crippen LogP) is 1.92. The molecule has 0 aliphatic rings. The van der Waals surface area contributed by atoms with Crippen LogP contribution in [-0.2, 0) is 6.54 Å². The number of aryl methyl sites for hydroxylation is 1. The fourth-order valence-electron chi connectivity index (χ4n) is 1.68. The summed E-state index contributed by atoms with van der Waals surface area (Å²) in [5.74, 6) is 0.525. The van der Waals surface area contributed by atoms with Crippen LogP contribution in [0.25, 0.3) is 11.3 Å². The molecule has 0 spiro atoms. The van der Waals surface area contributed by atoms with Gasteiger partial charge in [-0.2, -0.15) is 0 Å². The van der Waals surface area contributed by atoms with Crippen molar-refractivity contribution in [1.29, 1.82) is 0 Å². The lowest BCUT2D eigenvalue weighted by Gasteiger charge is -2.10. The average Bonchev–Trinajstić information content (AvgIpc) is 2.38. The van der Waals surface area contributed by atoms with Crippen molar-refractivity contribution < 1.29 is 4.74 Å². The molecule has 4 heteroatoms. The third-order valence-corrected chi connectivity index (χ3v) is 2.59. The second kappa shape index (κ2) is 4.93. The van der Waals surface area contributed by atoms with Gasteiger partial charge in [0.25, 0.3) is 0 Å². The lowest BCUT2D eigenvalue weighted by molar-refractivity contribution is 0.397. The first-order chi connectivity index (χ1) is 8.26. The molecule has 0 bridgehead atoms. The molecule has 0 saturated heterocycles. The van der Waals surface area contributed by atoms with E-state index >= 15 is 0 Å². The highest BCUT2D eigenvalue weighted by Crippen LogP contribution is 2.28.